The van der Waals surface area contributed by atoms with Gasteiger partial charge in [-0.2, -0.15) is 26.3 Å². The molecule has 3 rings (SSSR count). The molecule has 0 aromatic rings. The van der Waals surface area contributed by atoms with Gasteiger partial charge in [0, 0.05) is 6.42 Å². The molecule has 0 amide bonds. The highest BCUT2D eigenvalue weighted by Gasteiger charge is 2.76. The van der Waals surface area contributed by atoms with Gasteiger partial charge < -0.3 is 9.47 Å². The van der Waals surface area contributed by atoms with Crippen molar-refractivity contribution >= 4 is 6.16 Å². The van der Waals surface area contributed by atoms with Crippen molar-refractivity contribution in [1.82, 2.24) is 0 Å². The van der Waals surface area contributed by atoms with Gasteiger partial charge in [-0.25, -0.2) is 4.79 Å². The van der Waals surface area contributed by atoms with Crippen molar-refractivity contribution < 1.29 is 40.6 Å². The summed E-state index contributed by atoms with van der Waals surface area (Å²) in [6, 6.07) is 0. The third-order valence-electron chi connectivity index (χ3n) is 6.39. The van der Waals surface area contributed by atoms with E-state index >= 15 is 0 Å². The molecule has 3 aliphatic carbocycles. The minimum Gasteiger partial charge on any atom is -0.429 e. The minimum atomic E-state index is -5.79. The zero-order valence-corrected chi connectivity index (χ0v) is 15.4. The first-order valence-electron chi connectivity index (χ1n) is 9.20. The van der Waals surface area contributed by atoms with Crippen molar-refractivity contribution in [2.75, 3.05) is 0 Å². The van der Waals surface area contributed by atoms with Gasteiger partial charge >= 0.3 is 24.1 Å². The van der Waals surface area contributed by atoms with Crippen LogP contribution in [0.4, 0.5) is 31.1 Å². The van der Waals surface area contributed by atoms with Crippen molar-refractivity contribution in [1.29, 1.82) is 0 Å². The van der Waals surface area contributed by atoms with Gasteiger partial charge in [-0.3, -0.25) is 0 Å². The highest BCUT2D eigenvalue weighted by Crippen LogP contribution is 2.66. The van der Waals surface area contributed by atoms with E-state index < -0.39 is 42.0 Å². The lowest BCUT2D eigenvalue weighted by molar-refractivity contribution is -0.377. The summed E-state index contributed by atoms with van der Waals surface area (Å²) in [6.45, 7) is 4.01. The highest BCUT2D eigenvalue weighted by molar-refractivity contribution is 5.61. The van der Waals surface area contributed by atoms with Crippen LogP contribution in [0.5, 0.6) is 0 Å². The standard InChI is InChI=1S/C18H24F6O3/c1-15(2,3)26-14(25)27-16(17(19,20)21,18(22,23)24)8-11-7-12-9-4-5-10(6-9)13(11)12/h9-13H,4-8H2,1-3H3. The molecule has 9 heteroatoms. The Kier molecular flexibility index (Phi) is 4.71. The third-order valence-corrected chi connectivity index (χ3v) is 6.39. The summed E-state index contributed by atoms with van der Waals surface area (Å²) in [5.74, 6) is -0.0471. The molecule has 0 aliphatic heterocycles. The summed E-state index contributed by atoms with van der Waals surface area (Å²) in [5, 5.41) is 0. The molecule has 3 fully saturated rings. The lowest BCUT2D eigenvalue weighted by Crippen LogP contribution is -2.62. The predicted molar refractivity (Wildman–Crippen MR) is 82.7 cm³/mol. The molecule has 0 aromatic carbocycles. The Morgan fingerprint density at radius 1 is 0.889 bits per heavy atom. The molecule has 2 bridgehead atoms. The average molecular weight is 402 g/mol. The van der Waals surface area contributed by atoms with E-state index in [1.165, 1.54) is 20.8 Å². The number of rotatable bonds is 3. The van der Waals surface area contributed by atoms with Gasteiger partial charge in [-0.1, -0.05) is 0 Å². The fourth-order valence-corrected chi connectivity index (χ4v) is 5.40. The first kappa shape index (κ1) is 20.6. The number of halogens is 6. The van der Waals surface area contributed by atoms with E-state index in [2.05, 4.69) is 9.47 Å². The van der Waals surface area contributed by atoms with Gasteiger partial charge in [0.15, 0.2) is 0 Å². The molecule has 5 atom stereocenters. The van der Waals surface area contributed by atoms with Crippen LogP contribution in [0.15, 0.2) is 0 Å². The summed E-state index contributed by atoms with van der Waals surface area (Å²) in [6.07, 6.45) is -11.7. The monoisotopic (exact) mass is 402 g/mol. The molecule has 27 heavy (non-hydrogen) atoms. The van der Waals surface area contributed by atoms with E-state index in [1.54, 1.807) is 0 Å². The zero-order valence-electron chi connectivity index (χ0n) is 15.4. The van der Waals surface area contributed by atoms with Crippen molar-refractivity contribution in [2.45, 2.75) is 76.4 Å². The number of fused-ring (bicyclic) bond motifs is 5. The van der Waals surface area contributed by atoms with Crippen LogP contribution in [-0.4, -0.2) is 29.7 Å². The van der Waals surface area contributed by atoms with Gasteiger partial charge in [-0.05, 0) is 76.0 Å². The molecule has 0 N–H and O–H groups in total. The van der Waals surface area contributed by atoms with E-state index in [1.807, 2.05) is 0 Å². The minimum absolute atomic E-state index is 0.130. The number of ether oxygens (including phenoxy) is 2. The maximum Gasteiger partial charge on any atom is 0.510 e. The molecule has 0 heterocycles. The Morgan fingerprint density at radius 3 is 1.93 bits per heavy atom. The summed E-state index contributed by atoms with van der Waals surface area (Å²) < 4.78 is 90.6. The van der Waals surface area contributed by atoms with Gasteiger partial charge in [0.05, 0.1) is 0 Å². The first-order valence-corrected chi connectivity index (χ1v) is 9.20. The number of hydrogen-bond donors (Lipinski definition) is 0. The van der Waals surface area contributed by atoms with Crippen molar-refractivity contribution in [2.24, 2.45) is 29.6 Å². The van der Waals surface area contributed by atoms with Crippen LogP contribution in [0.25, 0.3) is 0 Å². The molecule has 156 valence electrons. The molecule has 0 radical (unpaired) electrons. The van der Waals surface area contributed by atoms with Gasteiger partial charge in [-0.15, -0.1) is 0 Å². The first-order chi connectivity index (χ1) is 12.1. The van der Waals surface area contributed by atoms with Crippen LogP contribution < -0.4 is 0 Å². The molecule has 3 aliphatic rings. The van der Waals surface area contributed by atoms with Crippen LogP contribution in [0.1, 0.15) is 52.9 Å². The second-order valence-corrected chi connectivity index (χ2v) is 9.16. The molecule has 5 unspecified atom stereocenters. The van der Waals surface area contributed by atoms with Crippen molar-refractivity contribution in [3.05, 3.63) is 0 Å². The lowest BCUT2D eigenvalue weighted by Gasteiger charge is -2.51. The normalized spacial score (nSPS) is 33.4. The summed E-state index contributed by atoms with van der Waals surface area (Å²) >= 11 is 0. The highest BCUT2D eigenvalue weighted by atomic mass is 19.4. The van der Waals surface area contributed by atoms with Gasteiger partial charge in [0.2, 0.25) is 0 Å². The molecule has 0 spiro atoms. The fourth-order valence-electron chi connectivity index (χ4n) is 5.40. The zero-order chi connectivity index (χ0) is 20.4. The van der Waals surface area contributed by atoms with Crippen molar-refractivity contribution in [3.8, 4) is 0 Å². The van der Waals surface area contributed by atoms with Gasteiger partial charge in [0.1, 0.15) is 5.60 Å². The topological polar surface area (TPSA) is 35.5 Å². The number of hydrogen-bond acceptors (Lipinski definition) is 3. The van der Waals surface area contributed by atoms with Crippen LogP contribution >= 0.6 is 0 Å². The van der Waals surface area contributed by atoms with Crippen LogP contribution in [-0.2, 0) is 9.47 Å². The average Bonchev–Trinajstić information content (AvgIpc) is 2.94. The van der Waals surface area contributed by atoms with E-state index in [0.29, 0.717) is 12.3 Å². The second kappa shape index (κ2) is 6.17. The Balaban J connectivity index is 1.84. The Hall–Kier alpha value is -1.15. The van der Waals surface area contributed by atoms with Crippen LogP contribution in [0.3, 0.4) is 0 Å². The third kappa shape index (κ3) is 3.50. The molecule has 3 saturated carbocycles. The predicted octanol–water partition coefficient (Wildman–Crippen LogP) is 5.87. The fraction of sp³-hybridized carbons (Fsp3) is 0.944. The smallest absolute Gasteiger partial charge is 0.429 e. The second-order valence-electron chi connectivity index (χ2n) is 9.16. The Bertz CT molecular complexity index is 575. The van der Waals surface area contributed by atoms with E-state index in [0.717, 1.165) is 19.3 Å². The SMILES string of the molecule is CC(C)(C)OC(=O)OC(CC1CC2C3CCC(C3)C12)(C(F)(F)F)C(F)(F)F. The molecule has 3 nitrogen and oxygen atoms in total. The number of carbonyl (C=O) groups is 1. The lowest BCUT2D eigenvalue weighted by atomic mass is 9.56. The van der Waals surface area contributed by atoms with E-state index in [4.69, 9.17) is 0 Å². The quantitative estimate of drug-likeness (QED) is 0.437. The Morgan fingerprint density at radius 2 is 1.44 bits per heavy atom. The van der Waals surface area contributed by atoms with E-state index in [-0.39, 0.29) is 17.8 Å². The summed E-state index contributed by atoms with van der Waals surface area (Å²) in [7, 11) is 0. The maximum absolute atomic E-state index is 13.7. The molecular weight excluding hydrogens is 378 g/mol. The number of carbonyl (C=O) groups excluding carboxylic acids is 1. The summed E-state index contributed by atoms with van der Waals surface area (Å²) in [5.41, 5.74) is -5.81. The van der Waals surface area contributed by atoms with Crippen LogP contribution in [0.2, 0.25) is 0 Å². The van der Waals surface area contributed by atoms with Crippen molar-refractivity contribution in [3.63, 3.8) is 0 Å². The molecule has 0 saturated heterocycles. The molecular formula is C18H24F6O3. The van der Waals surface area contributed by atoms with E-state index in [9.17, 15) is 31.1 Å². The maximum atomic E-state index is 13.7. The van der Waals surface area contributed by atoms with Gasteiger partial charge in [0.25, 0.3) is 0 Å². The van der Waals surface area contributed by atoms with Crippen LogP contribution in [0, 0.1) is 29.6 Å². The summed E-state index contributed by atoms with van der Waals surface area (Å²) in [4.78, 5) is 11.8. The molecule has 0 aromatic heterocycles. The number of alkyl halides is 6. The Labute approximate surface area is 153 Å². The largest absolute Gasteiger partial charge is 0.510 e.